The van der Waals surface area contributed by atoms with Crippen LogP contribution in [0.3, 0.4) is 0 Å². The fraction of sp³-hybridized carbons (Fsp3) is 0.100. The number of para-hydroxylation sites is 1. The SMILES string of the molecule is NCc1c[nH]c2c(O)cccc2c1=O. The van der Waals surface area contributed by atoms with Gasteiger partial charge in [-0.15, -0.1) is 0 Å². The van der Waals surface area contributed by atoms with Crippen LogP contribution < -0.4 is 11.2 Å². The minimum Gasteiger partial charge on any atom is -0.506 e. The summed E-state index contributed by atoms with van der Waals surface area (Å²) in [6, 6.07) is 4.82. The highest BCUT2D eigenvalue weighted by molar-refractivity contribution is 5.84. The Kier molecular flexibility index (Phi) is 1.98. The van der Waals surface area contributed by atoms with Gasteiger partial charge in [-0.1, -0.05) is 6.07 Å². The number of hydrogen-bond acceptors (Lipinski definition) is 3. The molecule has 0 aliphatic carbocycles. The largest absolute Gasteiger partial charge is 0.506 e. The highest BCUT2D eigenvalue weighted by Crippen LogP contribution is 2.19. The molecular weight excluding hydrogens is 180 g/mol. The molecule has 72 valence electrons. The Morgan fingerprint density at radius 2 is 2.21 bits per heavy atom. The Morgan fingerprint density at radius 3 is 2.93 bits per heavy atom. The number of H-pyrrole nitrogens is 1. The zero-order chi connectivity index (χ0) is 10.1. The first-order valence-corrected chi connectivity index (χ1v) is 4.26. The number of aromatic amines is 1. The molecule has 2 aromatic rings. The number of hydrogen-bond donors (Lipinski definition) is 3. The summed E-state index contributed by atoms with van der Waals surface area (Å²) in [5.41, 5.74) is 6.24. The average molecular weight is 190 g/mol. The van der Waals surface area contributed by atoms with Gasteiger partial charge in [-0.05, 0) is 12.1 Å². The molecule has 0 saturated heterocycles. The highest BCUT2D eigenvalue weighted by Gasteiger charge is 2.05. The van der Waals surface area contributed by atoms with E-state index in [4.69, 9.17) is 5.73 Å². The molecule has 0 spiro atoms. The van der Waals surface area contributed by atoms with Crippen molar-refractivity contribution in [3.8, 4) is 5.75 Å². The minimum atomic E-state index is -0.128. The first-order valence-electron chi connectivity index (χ1n) is 4.26. The lowest BCUT2D eigenvalue weighted by atomic mass is 10.1. The van der Waals surface area contributed by atoms with E-state index in [9.17, 15) is 9.90 Å². The van der Waals surface area contributed by atoms with Crippen molar-refractivity contribution in [3.05, 3.63) is 40.2 Å². The van der Waals surface area contributed by atoms with Crippen LogP contribution in [0.15, 0.2) is 29.2 Å². The number of rotatable bonds is 1. The number of benzene rings is 1. The summed E-state index contributed by atoms with van der Waals surface area (Å²) < 4.78 is 0. The quantitative estimate of drug-likeness (QED) is 0.619. The van der Waals surface area contributed by atoms with Crippen molar-refractivity contribution in [2.45, 2.75) is 6.54 Å². The maximum atomic E-state index is 11.7. The van der Waals surface area contributed by atoms with E-state index >= 15 is 0 Å². The number of nitrogens with two attached hydrogens (primary N) is 1. The molecule has 0 aliphatic heterocycles. The van der Waals surface area contributed by atoms with Crippen molar-refractivity contribution in [2.24, 2.45) is 5.73 Å². The summed E-state index contributed by atoms with van der Waals surface area (Å²) >= 11 is 0. The van der Waals surface area contributed by atoms with Gasteiger partial charge in [-0.25, -0.2) is 0 Å². The van der Waals surface area contributed by atoms with Crippen molar-refractivity contribution in [1.29, 1.82) is 0 Å². The van der Waals surface area contributed by atoms with Gasteiger partial charge in [0.15, 0.2) is 5.43 Å². The Balaban J connectivity index is 2.91. The number of pyridine rings is 1. The van der Waals surface area contributed by atoms with Gasteiger partial charge in [0.1, 0.15) is 5.75 Å². The van der Waals surface area contributed by atoms with E-state index in [1.54, 1.807) is 12.1 Å². The van der Waals surface area contributed by atoms with Crippen molar-refractivity contribution >= 4 is 10.9 Å². The van der Waals surface area contributed by atoms with Crippen LogP contribution in [0.4, 0.5) is 0 Å². The summed E-state index contributed by atoms with van der Waals surface area (Å²) in [4.78, 5) is 14.6. The van der Waals surface area contributed by atoms with Crippen LogP contribution in [0.25, 0.3) is 10.9 Å². The van der Waals surface area contributed by atoms with Gasteiger partial charge in [0, 0.05) is 23.7 Å². The van der Waals surface area contributed by atoms with E-state index in [1.165, 1.54) is 12.3 Å². The molecule has 4 nitrogen and oxygen atoms in total. The third kappa shape index (κ3) is 1.16. The molecule has 0 saturated carbocycles. The zero-order valence-electron chi connectivity index (χ0n) is 7.45. The molecule has 0 unspecified atom stereocenters. The molecule has 1 aromatic heterocycles. The van der Waals surface area contributed by atoms with Crippen LogP contribution in [0.5, 0.6) is 5.75 Å². The maximum Gasteiger partial charge on any atom is 0.193 e. The lowest BCUT2D eigenvalue weighted by Gasteiger charge is -2.02. The second-order valence-electron chi connectivity index (χ2n) is 3.05. The maximum absolute atomic E-state index is 11.7. The number of nitrogens with one attached hydrogen (secondary N) is 1. The van der Waals surface area contributed by atoms with E-state index in [1.807, 2.05) is 0 Å². The first-order chi connectivity index (χ1) is 6.74. The van der Waals surface area contributed by atoms with Crippen LogP contribution in [-0.2, 0) is 6.54 Å². The van der Waals surface area contributed by atoms with E-state index in [-0.39, 0.29) is 17.7 Å². The van der Waals surface area contributed by atoms with Gasteiger partial charge in [-0.3, -0.25) is 4.79 Å². The van der Waals surface area contributed by atoms with Crippen LogP contribution in [0.2, 0.25) is 0 Å². The van der Waals surface area contributed by atoms with Crippen LogP contribution in [-0.4, -0.2) is 10.1 Å². The normalized spacial score (nSPS) is 10.6. The molecule has 0 bridgehead atoms. The number of phenolic OH excluding ortho intramolecular Hbond substituents is 1. The molecule has 4 heteroatoms. The standard InChI is InChI=1S/C10H10N2O2/c11-4-6-5-12-9-7(10(6)14)2-1-3-8(9)13/h1-3,5,13H,4,11H2,(H,12,14). The van der Waals surface area contributed by atoms with Crippen molar-refractivity contribution < 1.29 is 5.11 Å². The summed E-state index contributed by atoms with van der Waals surface area (Å²) in [7, 11) is 0. The smallest absolute Gasteiger partial charge is 0.193 e. The summed E-state index contributed by atoms with van der Waals surface area (Å²) in [5.74, 6) is 0.0724. The van der Waals surface area contributed by atoms with Crippen molar-refractivity contribution in [1.82, 2.24) is 4.98 Å². The van der Waals surface area contributed by atoms with E-state index < -0.39 is 0 Å². The van der Waals surface area contributed by atoms with E-state index in [0.29, 0.717) is 16.5 Å². The molecule has 0 fully saturated rings. The molecule has 1 aromatic carbocycles. The van der Waals surface area contributed by atoms with E-state index in [2.05, 4.69) is 4.98 Å². The van der Waals surface area contributed by atoms with E-state index in [0.717, 1.165) is 0 Å². The van der Waals surface area contributed by atoms with Crippen LogP contribution >= 0.6 is 0 Å². The monoisotopic (exact) mass is 190 g/mol. The van der Waals surface area contributed by atoms with Crippen LogP contribution in [0.1, 0.15) is 5.56 Å². The fourth-order valence-electron chi connectivity index (χ4n) is 1.43. The molecule has 0 radical (unpaired) electrons. The van der Waals surface area contributed by atoms with Gasteiger partial charge in [-0.2, -0.15) is 0 Å². The van der Waals surface area contributed by atoms with Gasteiger partial charge in [0.25, 0.3) is 0 Å². The lowest BCUT2D eigenvalue weighted by molar-refractivity contribution is 0.480. The highest BCUT2D eigenvalue weighted by atomic mass is 16.3. The topological polar surface area (TPSA) is 79.1 Å². The summed E-state index contributed by atoms with van der Waals surface area (Å²) in [5, 5.41) is 9.92. The molecule has 2 rings (SSSR count). The Hall–Kier alpha value is -1.81. The van der Waals surface area contributed by atoms with Gasteiger partial charge in [0.2, 0.25) is 0 Å². The first kappa shape index (κ1) is 8.77. The van der Waals surface area contributed by atoms with Gasteiger partial charge < -0.3 is 15.8 Å². The summed E-state index contributed by atoms with van der Waals surface area (Å²) in [6.07, 6.45) is 1.53. The molecule has 0 amide bonds. The molecular formula is C10H10N2O2. The Labute approximate surface area is 80.0 Å². The van der Waals surface area contributed by atoms with Crippen molar-refractivity contribution in [3.63, 3.8) is 0 Å². The number of aromatic hydroxyl groups is 1. The van der Waals surface area contributed by atoms with Gasteiger partial charge in [0.05, 0.1) is 5.52 Å². The predicted octanol–water partition coefficient (Wildman–Crippen LogP) is 0.692. The average Bonchev–Trinajstić information content (AvgIpc) is 2.20. The molecule has 0 atom stereocenters. The number of phenols is 1. The molecule has 0 aliphatic rings. The Bertz CT molecular complexity index is 531. The number of fused-ring (bicyclic) bond motifs is 1. The van der Waals surface area contributed by atoms with Crippen LogP contribution in [0, 0.1) is 0 Å². The van der Waals surface area contributed by atoms with Gasteiger partial charge >= 0.3 is 0 Å². The Morgan fingerprint density at radius 1 is 1.43 bits per heavy atom. The fourth-order valence-corrected chi connectivity index (χ4v) is 1.43. The third-order valence-electron chi connectivity index (χ3n) is 2.19. The second kappa shape index (κ2) is 3.16. The molecule has 4 N–H and O–H groups in total. The minimum absolute atomic E-state index is 0.0724. The molecule has 14 heavy (non-hydrogen) atoms. The zero-order valence-corrected chi connectivity index (χ0v) is 7.45. The number of aromatic nitrogens is 1. The van der Waals surface area contributed by atoms with Crippen molar-refractivity contribution in [2.75, 3.05) is 0 Å². The third-order valence-corrected chi connectivity index (χ3v) is 2.19. The second-order valence-corrected chi connectivity index (χ2v) is 3.05. The predicted molar refractivity (Wildman–Crippen MR) is 54.1 cm³/mol. The molecule has 1 heterocycles. The lowest BCUT2D eigenvalue weighted by Crippen LogP contribution is -2.13. The summed E-state index contributed by atoms with van der Waals surface area (Å²) in [6.45, 7) is 0.195.